The highest BCUT2D eigenvalue weighted by Crippen LogP contribution is 2.19. The van der Waals surface area contributed by atoms with Gasteiger partial charge in [-0.1, -0.05) is 24.3 Å². The maximum absolute atomic E-state index is 11.8. The van der Waals surface area contributed by atoms with Crippen molar-refractivity contribution in [3.8, 4) is 5.75 Å². The molecule has 0 spiro atoms. The van der Waals surface area contributed by atoms with Crippen LogP contribution in [0, 0.1) is 6.92 Å². The molecule has 0 radical (unpaired) electrons. The van der Waals surface area contributed by atoms with E-state index in [1.807, 2.05) is 31.3 Å². The lowest BCUT2D eigenvalue weighted by Gasteiger charge is -2.07. The average Bonchev–Trinajstić information content (AvgIpc) is 2.81. The second-order valence-electron chi connectivity index (χ2n) is 5.29. The number of rotatable bonds is 3. The van der Waals surface area contributed by atoms with E-state index in [4.69, 9.17) is 4.74 Å². The Morgan fingerprint density at radius 1 is 1.14 bits per heavy atom. The number of hydrogen-bond donors (Lipinski definition) is 1. The number of hydrogen-bond acceptors (Lipinski definition) is 2. The molecular weight excluding hydrogens is 276 g/mol. The number of aromatic nitrogens is 1. The lowest BCUT2D eigenvalue weighted by atomic mass is 10.1. The van der Waals surface area contributed by atoms with E-state index < -0.39 is 6.09 Å². The number of carbonyl (C=O) groups is 1. The maximum Gasteiger partial charge on any atom is 0.412 e. The van der Waals surface area contributed by atoms with Crippen molar-refractivity contribution < 1.29 is 9.53 Å². The van der Waals surface area contributed by atoms with E-state index in [0.29, 0.717) is 12.3 Å². The number of fused-ring (bicyclic) bond motifs is 1. The molecule has 0 aliphatic rings. The van der Waals surface area contributed by atoms with Crippen molar-refractivity contribution in [2.24, 2.45) is 7.05 Å². The standard InChI is InChI=1S/C18H18N2O2/c1-13-10-15-11-14(8-9-17(15)20(13)2)12-19-18(21)22-16-6-4-3-5-7-16/h3-11H,12H2,1-2H3,(H,19,21). The number of nitrogens with one attached hydrogen (secondary N) is 1. The molecule has 1 heterocycles. The summed E-state index contributed by atoms with van der Waals surface area (Å²) in [5.74, 6) is 0.536. The monoisotopic (exact) mass is 294 g/mol. The zero-order valence-corrected chi connectivity index (χ0v) is 12.7. The number of para-hydroxylation sites is 1. The van der Waals surface area contributed by atoms with Gasteiger partial charge in [-0.3, -0.25) is 0 Å². The normalized spacial score (nSPS) is 10.6. The Bertz CT molecular complexity index is 807. The maximum atomic E-state index is 11.8. The van der Waals surface area contributed by atoms with Gasteiger partial charge in [-0.15, -0.1) is 0 Å². The molecule has 0 aliphatic heterocycles. The molecule has 0 bridgehead atoms. The summed E-state index contributed by atoms with van der Waals surface area (Å²) in [5.41, 5.74) is 3.44. The van der Waals surface area contributed by atoms with Crippen molar-refractivity contribution in [1.29, 1.82) is 0 Å². The first-order chi connectivity index (χ1) is 10.6. The third-order valence-electron chi connectivity index (χ3n) is 3.74. The number of carbonyl (C=O) groups excluding carboxylic acids is 1. The number of amides is 1. The summed E-state index contributed by atoms with van der Waals surface area (Å²) in [7, 11) is 2.05. The van der Waals surface area contributed by atoms with Gasteiger partial charge in [0.05, 0.1) is 0 Å². The first-order valence-corrected chi connectivity index (χ1v) is 7.19. The predicted molar refractivity (Wildman–Crippen MR) is 87.0 cm³/mol. The fourth-order valence-corrected chi connectivity index (χ4v) is 2.45. The van der Waals surface area contributed by atoms with Gasteiger partial charge in [-0.05, 0) is 42.8 Å². The van der Waals surface area contributed by atoms with Crippen molar-refractivity contribution in [2.75, 3.05) is 0 Å². The van der Waals surface area contributed by atoms with Crippen LogP contribution in [0.5, 0.6) is 5.75 Å². The predicted octanol–water partition coefficient (Wildman–Crippen LogP) is 3.78. The van der Waals surface area contributed by atoms with E-state index in [2.05, 4.69) is 35.0 Å². The number of ether oxygens (including phenoxy) is 1. The summed E-state index contributed by atoms with van der Waals surface area (Å²) >= 11 is 0. The number of benzene rings is 2. The average molecular weight is 294 g/mol. The van der Waals surface area contributed by atoms with Crippen molar-refractivity contribution in [2.45, 2.75) is 13.5 Å². The van der Waals surface area contributed by atoms with E-state index in [-0.39, 0.29) is 0 Å². The van der Waals surface area contributed by atoms with Crippen LogP contribution in [0.15, 0.2) is 54.6 Å². The fourth-order valence-electron chi connectivity index (χ4n) is 2.45. The van der Waals surface area contributed by atoms with Gasteiger partial charge in [0.1, 0.15) is 5.75 Å². The molecule has 0 unspecified atom stereocenters. The largest absolute Gasteiger partial charge is 0.412 e. The van der Waals surface area contributed by atoms with Crippen LogP contribution in [0.25, 0.3) is 10.9 Å². The van der Waals surface area contributed by atoms with Gasteiger partial charge in [0.15, 0.2) is 0 Å². The first kappa shape index (κ1) is 14.2. The molecule has 2 aromatic carbocycles. The Morgan fingerprint density at radius 2 is 1.91 bits per heavy atom. The van der Waals surface area contributed by atoms with Crippen molar-refractivity contribution in [3.63, 3.8) is 0 Å². The molecule has 4 nitrogen and oxygen atoms in total. The van der Waals surface area contributed by atoms with Crippen LogP contribution in [0.4, 0.5) is 4.79 Å². The molecule has 22 heavy (non-hydrogen) atoms. The molecular formula is C18H18N2O2. The van der Waals surface area contributed by atoms with E-state index in [0.717, 1.165) is 5.56 Å². The lowest BCUT2D eigenvalue weighted by molar-refractivity contribution is 0.200. The summed E-state index contributed by atoms with van der Waals surface area (Å²) in [6, 6.07) is 17.3. The quantitative estimate of drug-likeness (QED) is 0.799. The molecule has 0 aliphatic carbocycles. The molecule has 1 amide bonds. The fraction of sp³-hybridized carbons (Fsp3) is 0.167. The topological polar surface area (TPSA) is 43.3 Å². The molecule has 112 valence electrons. The van der Waals surface area contributed by atoms with Gasteiger partial charge >= 0.3 is 6.09 Å². The van der Waals surface area contributed by atoms with Crippen LogP contribution in [-0.2, 0) is 13.6 Å². The van der Waals surface area contributed by atoms with E-state index in [1.165, 1.54) is 16.6 Å². The Hall–Kier alpha value is -2.75. The van der Waals surface area contributed by atoms with Crippen molar-refractivity contribution in [3.05, 3.63) is 65.9 Å². The van der Waals surface area contributed by atoms with Gasteiger partial charge in [-0.25, -0.2) is 4.79 Å². The zero-order valence-electron chi connectivity index (χ0n) is 12.7. The van der Waals surface area contributed by atoms with Crippen LogP contribution in [0.2, 0.25) is 0 Å². The second-order valence-corrected chi connectivity index (χ2v) is 5.29. The number of nitrogens with zero attached hydrogens (tertiary/aromatic N) is 1. The minimum atomic E-state index is -0.449. The minimum absolute atomic E-state index is 0.440. The van der Waals surface area contributed by atoms with Crippen LogP contribution in [0.3, 0.4) is 0 Å². The van der Waals surface area contributed by atoms with Gasteiger partial charge in [0.2, 0.25) is 0 Å². The molecule has 4 heteroatoms. The molecule has 3 aromatic rings. The summed E-state index contributed by atoms with van der Waals surface area (Å²) in [4.78, 5) is 11.8. The molecule has 0 saturated heterocycles. The zero-order chi connectivity index (χ0) is 15.5. The molecule has 1 N–H and O–H groups in total. The smallest absolute Gasteiger partial charge is 0.410 e. The van der Waals surface area contributed by atoms with Crippen LogP contribution in [-0.4, -0.2) is 10.7 Å². The highest BCUT2D eigenvalue weighted by atomic mass is 16.5. The molecule has 1 aromatic heterocycles. The SMILES string of the molecule is Cc1cc2cc(CNC(=O)Oc3ccccc3)ccc2n1C. The third-order valence-corrected chi connectivity index (χ3v) is 3.74. The van der Waals surface area contributed by atoms with E-state index >= 15 is 0 Å². The highest BCUT2D eigenvalue weighted by Gasteiger charge is 2.06. The van der Waals surface area contributed by atoms with Gasteiger partial charge in [0.25, 0.3) is 0 Å². The lowest BCUT2D eigenvalue weighted by Crippen LogP contribution is -2.26. The highest BCUT2D eigenvalue weighted by molar-refractivity contribution is 5.82. The molecule has 0 saturated carbocycles. The Morgan fingerprint density at radius 3 is 2.68 bits per heavy atom. The van der Waals surface area contributed by atoms with E-state index in [9.17, 15) is 4.79 Å². The van der Waals surface area contributed by atoms with Gasteiger partial charge in [-0.2, -0.15) is 0 Å². The Kier molecular flexibility index (Phi) is 3.83. The Labute approximate surface area is 129 Å². The number of aryl methyl sites for hydroxylation is 2. The summed E-state index contributed by atoms with van der Waals surface area (Å²) < 4.78 is 7.34. The van der Waals surface area contributed by atoms with E-state index in [1.54, 1.807) is 12.1 Å². The molecule has 0 fully saturated rings. The minimum Gasteiger partial charge on any atom is -0.410 e. The summed E-state index contributed by atoms with van der Waals surface area (Å²) in [6.45, 7) is 2.52. The van der Waals surface area contributed by atoms with Crippen molar-refractivity contribution >= 4 is 17.0 Å². The van der Waals surface area contributed by atoms with Crippen LogP contribution < -0.4 is 10.1 Å². The molecule has 3 rings (SSSR count). The van der Waals surface area contributed by atoms with Gasteiger partial charge in [0, 0.05) is 30.2 Å². The summed E-state index contributed by atoms with van der Waals surface area (Å²) in [5, 5.41) is 3.94. The summed E-state index contributed by atoms with van der Waals surface area (Å²) in [6.07, 6.45) is -0.449. The first-order valence-electron chi connectivity index (χ1n) is 7.19. The van der Waals surface area contributed by atoms with Crippen LogP contribution in [0.1, 0.15) is 11.3 Å². The van der Waals surface area contributed by atoms with Crippen LogP contribution >= 0.6 is 0 Å². The molecule has 0 atom stereocenters. The third kappa shape index (κ3) is 2.96. The van der Waals surface area contributed by atoms with Gasteiger partial charge < -0.3 is 14.6 Å². The second kappa shape index (κ2) is 5.93. The Balaban J connectivity index is 1.65. The van der Waals surface area contributed by atoms with Crippen molar-refractivity contribution in [1.82, 2.24) is 9.88 Å².